The Morgan fingerprint density at radius 3 is 2.83 bits per heavy atom. The third kappa shape index (κ3) is 4.70. The Labute approximate surface area is 110 Å². The molecule has 0 aliphatic carbocycles. The first kappa shape index (κ1) is 14.4. The number of nitrogens with zero attached hydrogens (tertiary/aromatic N) is 1. The number of rotatable bonds is 5. The van der Waals surface area contributed by atoms with Crippen LogP contribution in [0.5, 0.6) is 0 Å². The zero-order valence-electron chi connectivity index (χ0n) is 10.6. The van der Waals surface area contributed by atoms with E-state index in [1.807, 2.05) is 13.8 Å². The van der Waals surface area contributed by atoms with Crippen molar-refractivity contribution in [3.05, 3.63) is 16.1 Å². The molecule has 18 heavy (non-hydrogen) atoms. The van der Waals surface area contributed by atoms with Gasteiger partial charge in [0, 0.05) is 11.1 Å². The first-order chi connectivity index (χ1) is 8.52. The van der Waals surface area contributed by atoms with E-state index in [0.29, 0.717) is 6.61 Å². The van der Waals surface area contributed by atoms with Gasteiger partial charge in [-0.15, -0.1) is 11.3 Å². The van der Waals surface area contributed by atoms with Crippen molar-refractivity contribution in [1.29, 1.82) is 0 Å². The summed E-state index contributed by atoms with van der Waals surface area (Å²) < 4.78 is 4.69. The maximum atomic E-state index is 11.5. The molecule has 6 nitrogen and oxygen atoms in total. The first-order valence-corrected chi connectivity index (χ1v) is 6.47. The number of thiazole rings is 1. The molecule has 1 unspecified atom stereocenters. The minimum atomic E-state index is -0.453. The maximum Gasteiger partial charge on any atom is 0.325 e. The van der Waals surface area contributed by atoms with E-state index in [1.54, 1.807) is 13.1 Å². The Bertz CT molecular complexity index is 419. The molecule has 0 fully saturated rings. The minimum Gasteiger partial charge on any atom is -0.465 e. The molecule has 0 bridgehead atoms. The summed E-state index contributed by atoms with van der Waals surface area (Å²) in [4.78, 5) is 27.8. The molecule has 0 saturated carbocycles. The largest absolute Gasteiger partial charge is 0.465 e. The zero-order valence-corrected chi connectivity index (χ0v) is 11.5. The van der Waals surface area contributed by atoms with Crippen LogP contribution >= 0.6 is 11.3 Å². The molecule has 1 rings (SSSR count). The van der Waals surface area contributed by atoms with Crippen molar-refractivity contribution in [1.82, 2.24) is 15.6 Å². The predicted octanol–water partition coefficient (Wildman–Crippen LogP) is 1.37. The fraction of sp³-hybridized carbons (Fsp3) is 0.545. The molecular weight excluding hydrogens is 254 g/mol. The monoisotopic (exact) mass is 271 g/mol. The minimum absolute atomic E-state index is 0.136. The second kappa shape index (κ2) is 6.95. The number of carbonyl (C=O) groups is 2. The average Bonchev–Trinajstić information content (AvgIpc) is 2.74. The first-order valence-electron chi connectivity index (χ1n) is 5.65. The summed E-state index contributed by atoms with van der Waals surface area (Å²) in [7, 11) is 0. The Hall–Kier alpha value is -1.63. The van der Waals surface area contributed by atoms with Crippen LogP contribution < -0.4 is 10.6 Å². The number of carbonyl (C=O) groups excluding carboxylic acids is 2. The van der Waals surface area contributed by atoms with Crippen LogP contribution in [0.2, 0.25) is 0 Å². The van der Waals surface area contributed by atoms with Crippen molar-refractivity contribution in [3.63, 3.8) is 0 Å². The molecule has 0 aromatic carbocycles. The highest BCUT2D eigenvalue weighted by atomic mass is 32.1. The lowest BCUT2D eigenvalue weighted by Crippen LogP contribution is -2.40. The molecule has 1 heterocycles. The van der Waals surface area contributed by atoms with Crippen molar-refractivity contribution < 1.29 is 14.3 Å². The summed E-state index contributed by atoms with van der Waals surface area (Å²) in [6.07, 6.45) is 1.76. The summed E-state index contributed by atoms with van der Waals surface area (Å²) in [6.45, 7) is 5.67. The Balaban J connectivity index is 2.34. The number of ether oxygens (including phenoxy) is 1. The fourth-order valence-electron chi connectivity index (χ4n) is 1.25. The van der Waals surface area contributed by atoms with Gasteiger partial charge in [0.05, 0.1) is 12.6 Å². The van der Waals surface area contributed by atoms with E-state index in [1.165, 1.54) is 11.3 Å². The van der Waals surface area contributed by atoms with Gasteiger partial charge in [-0.3, -0.25) is 4.79 Å². The van der Waals surface area contributed by atoms with Gasteiger partial charge in [-0.2, -0.15) is 0 Å². The van der Waals surface area contributed by atoms with Crippen LogP contribution in [-0.4, -0.2) is 30.1 Å². The lowest BCUT2D eigenvalue weighted by molar-refractivity contribution is -0.141. The number of aromatic nitrogens is 1. The molecule has 0 saturated heterocycles. The molecule has 7 heteroatoms. The smallest absolute Gasteiger partial charge is 0.325 e. The van der Waals surface area contributed by atoms with Crippen LogP contribution in [0.1, 0.15) is 29.8 Å². The van der Waals surface area contributed by atoms with Crippen LogP contribution in [0.4, 0.5) is 4.79 Å². The molecule has 2 N–H and O–H groups in total. The predicted molar refractivity (Wildman–Crippen MR) is 68.4 cm³/mol. The fourth-order valence-corrected chi connectivity index (χ4v) is 2.02. The van der Waals surface area contributed by atoms with Crippen LogP contribution in [0.15, 0.2) is 6.20 Å². The highest BCUT2D eigenvalue weighted by Gasteiger charge is 2.13. The summed E-state index contributed by atoms with van der Waals surface area (Å²) in [5.41, 5.74) is 0. The van der Waals surface area contributed by atoms with E-state index < -0.39 is 12.0 Å². The van der Waals surface area contributed by atoms with Crippen LogP contribution in [-0.2, 0) is 9.53 Å². The topological polar surface area (TPSA) is 80.3 Å². The molecule has 0 radical (unpaired) electrons. The lowest BCUT2D eigenvalue weighted by Gasteiger charge is -2.11. The number of aryl methyl sites for hydroxylation is 1. The molecule has 0 spiro atoms. The second-order valence-electron chi connectivity index (χ2n) is 3.66. The van der Waals surface area contributed by atoms with Crippen molar-refractivity contribution in [2.75, 3.05) is 13.2 Å². The maximum absolute atomic E-state index is 11.5. The Kier molecular flexibility index (Phi) is 5.57. The molecular formula is C11H17N3O3S. The van der Waals surface area contributed by atoms with E-state index in [-0.39, 0.29) is 12.6 Å². The van der Waals surface area contributed by atoms with Gasteiger partial charge in [0.25, 0.3) is 0 Å². The Morgan fingerprint density at radius 2 is 2.28 bits per heavy atom. The number of amides is 2. The van der Waals surface area contributed by atoms with Crippen LogP contribution in [0, 0.1) is 6.92 Å². The standard InChI is InChI=1S/C11H17N3O3S/c1-4-17-9(15)6-13-11(16)14-8(3)10-12-5-7(2)18-10/h5,8H,4,6H2,1-3H3,(H2,13,14,16). The van der Waals surface area contributed by atoms with E-state index in [4.69, 9.17) is 4.74 Å². The van der Waals surface area contributed by atoms with Crippen molar-refractivity contribution in [2.45, 2.75) is 26.8 Å². The van der Waals surface area contributed by atoms with Crippen molar-refractivity contribution in [3.8, 4) is 0 Å². The van der Waals surface area contributed by atoms with Gasteiger partial charge in [-0.05, 0) is 20.8 Å². The van der Waals surface area contributed by atoms with Crippen LogP contribution in [0.25, 0.3) is 0 Å². The number of nitrogens with one attached hydrogen (secondary N) is 2. The molecule has 0 aliphatic rings. The van der Waals surface area contributed by atoms with Gasteiger partial charge < -0.3 is 15.4 Å². The third-order valence-corrected chi connectivity index (χ3v) is 3.15. The SMILES string of the molecule is CCOC(=O)CNC(=O)NC(C)c1ncc(C)s1. The van der Waals surface area contributed by atoms with Crippen molar-refractivity contribution in [2.24, 2.45) is 0 Å². The Morgan fingerprint density at radius 1 is 1.56 bits per heavy atom. The molecule has 2 amide bonds. The summed E-state index contributed by atoms with van der Waals surface area (Å²) in [6, 6.07) is -0.602. The van der Waals surface area contributed by atoms with E-state index >= 15 is 0 Å². The number of hydrogen-bond donors (Lipinski definition) is 2. The highest BCUT2D eigenvalue weighted by Crippen LogP contribution is 2.18. The molecule has 1 atom stereocenters. The highest BCUT2D eigenvalue weighted by molar-refractivity contribution is 7.11. The molecule has 1 aromatic rings. The second-order valence-corrected chi connectivity index (χ2v) is 4.93. The number of esters is 1. The van der Waals surface area contributed by atoms with Crippen LogP contribution in [0.3, 0.4) is 0 Å². The number of urea groups is 1. The summed E-state index contributed by atoms with van der Waals surface area (Å²) in [5, 5.41) is 5.96. The van der Waals surface area contributed by atoms with E-state index in [0.717, 1.165) is 9.88 Å². The molecule has 100 valence electrons. The van der Waals surface area contributed by atoms with Gasteiger partial charge in [0.15, 0.2) is 0 Å². The lowest BCUT2D eigenvalue weighted by atomic mass is 10.3. The van der Waals surface area contributed by atoms with Gasteiger partial charge >= 0.3 is 12.0 Å². The third-order valence-electron chi connectivity index (χ3n) is 2.06. The average molecular weight is 271 g/mol. The van der Waals surface area contributed by atoms with Gasteiger partial charge in [0.1, 0.15) is 11.6 Å². The van der Waals surface area contributed by atoms with Gasteiger partial charge in [-0.25, -0.2) is 9.78 Å². The van der Waals surface area contributed by atoms with E-state index in [9.17, 15) is 9.59 Å². The number of hydrogen-bond acceptors (Lipinski definition) is 5. The zero-order chi connectivity index (χ0) is 13.5. The van der Waals surface area contributed by atoms with Gasteiger partial charge in [0.2, 0.25) is 0 Å². The normalized spacial score (nSPS) is 11.7. The summed E-state index contributed by atoms with van der Waals surface area (Å²) in [5.74, 6) is -0.453. The molecule has 1 aromatic heterocycles. The van der Waals surface area contributed by atoms with Gasteiger partial charge in [-0.1, -0.05) is 0 Å². The van der Waals surface area contributed by atoms with Crippen molar-refractivity contribution >= 4 is 23.3 Å². The van der Waals surface area contributed by atoms with E-state index in [2.05, 4.69) is 15.6 Å². The summed E-state index contributed by atoms with van der Waals surface area (Å²) >= 11 is 1.53. The molecule has 0 aliphatic heterocycles. The quantitative estimate of drug-likeness (QED) is 0.793.